The lowest BCUT2D eigenvalue weighted by atomic mass is 9.84. The van der Waals surface area contributed by atoms with Crippen molar-refractivity contribution in [1.82, 2.24) is 9.80 Å². The van der Waals surface area contributed by atoms with E-state index in [4.69, 9.17) is 4.74 Å². The number of amides is 2. The zero-order chi connectivity index (χ0) is 20.3. The number of morpholine rings is 1. The van der Waals surface area contributed by atoms with Crippen LogP contribution in [0.15, 0.2) is 18.2 Å². The van der Waals surface area contributed by atoms with Crippen LogP contribution in [0.4, 0.5) is 4.39 Å². The molecule has 3 rings (SSSR count). The summed E-state index contributed by atoms with van der Waals surface area (Å²) < 4.78 is 19.0. The van der Waals surface area contributed by atoms with Crippen LogP contribution in [-0.2, 0) is 14.3 Å². The predicted octanol–water partition coefficient (Wildman–Crippen LogP) is 3.11. The molecule has 154 valence electrons. The molecule has 2 fully saturated rings. The van der Waals surface area contributed by atoms with E-state index in [2.05, 4.69) is 13.8 Å². The molecule has 0 aromatic heterocycles. The molecule has 28 heavy (non-hydrogen) atoms. The first-order valence-electron chi connectivity index (χ1n) is 10.3. The molecule has 0 aliphatic carbocycles. The highest BCUT2D eigenvalue weighted by Crippen LogP contribution is 2.31. The lowest BCUT2D eigenvalue weighted by Gasteiger charge is -2.33. The molecule has 6 heteroatoms. The molecule has 0 bridgehead atoms. The van der Waals surface area contributed by atoms with Gasteiger partial charge in [-0.3, -0.25) is 9.59 Å². The van der Waals surface area contributed by atoms with Crippen LogP contribution in [0.25, 0.3) is 0 Å². The number of hydrogen-bond acceptors (Lipinski definition) is 3. The third-order valence-corrected chi connectivity index (χ3v) is 5.99. The van der Waals surface area contributed by atoms with Crippen molar-refractivity contribution in [2.75, 3.05) is 32.8 Å². The van der Waals surface area contributed by atoms with Crippen LogP contribution < -0.4 is 0 Å². The minimum Gasteiger partial charge on any atom is -0.378 e. The normalized spacial score (nSPS) is 21.2. The average Bonchev–Trinajstić information content (AvgIpc) is 3.18. The third-order valence-electron chi connectivity index (χ3n) is 5.99. The lowest BCUT2D eigenvalue weighted by Crippen LogP contribution is -2.51. The van der Waals surface area contributed by atoms with Crippen molar-refractivity contribution >= 4 is 11.8 Å². The van der Waals surface area contributed by atoms with Crippen molar-refractivity contribution in [3.8, 4) is 0 Å². The van der Waals surface area contributed by atoms with Crippen LogP contribution in [0.2, 0.25) is 0 Å². The van der Waals surface area contributed by atoms with Crippen molar-refractivity contribution in [2.45, 2.75) is 52.0 Å². The minimum absolute atomic E-state index is 0.00605. The summed E-state index contributed by atoms with van der Waals surface area (Å²) in [5.74, 6) is 0.0855. The molecule has 0 N–H and O–H groups in total. The van der Waals surface area contributed by atoms with Crippen LogP contribution in [-0.4, -0.2) is 60.5 Å². The Balaban J connectivity index is 1.71. The summed E-state index contributed by atoms with van der Waals surface area (Å²) in [6.07, 6.45) is 1.92. The van der Waals surface area contributed by atoms with Crippen molar-refractivity contribution in [2.24, 2.45) is 5.92 Å². The van der Waals surface area contributed by atoms with Gasteiger partial charge in [0.1, 0.15) is 11.9 Å². The molecule has 2 amide bonds. The van der Waals surface area contributed by atoms with Gasteiger partial charge in [0.05, 0.1) is 13.2 Å². The first kappa shape index (κ1) is 20.8. The van der Waals surface area contributed by atoms with E-state index < -0.39 is 0 Å². The molecule has 1 aromatic carbocycles. The molecule has 0 spiro atoms. The van der Waals surface area contributed by atoms with Crippen LogP contribution in [0.5, 0.6) is 0 Å². The van der Waals surface area contributed by atoms with E-state index >= 15 is 0 Å². The van der Waals surface area contributed by atoms with Crippen molar-refractivity contribution < 1.29 is 18.7 Å². The maximum Gasteiger partial charge on any atom is 0.245 e. The van der Waals surface area contributed by atoms with E-state index in [-0.39, 0.29) is 35.5 Å². The number of hydrogen-bond donors (Lipinski definition) is 0. The monoisotopic (exact) mass is 390 g/mol. The zero-order valence-corrected chi connectivity index (χ0v) is 17.1. The zero-order valence-electron chi connectivity index (χ0n) is 17.1. The van der Waals surface area contributed by atoms with Gasteiger partial charge in [-0.15, -0.1) is 0 Å². The standard InChI is InChI=1S/C22H31FN2O3/c1-15(2)18(17-6-7-19(23)16(3)13-17)14-21(26)25-8-4-5-20(25)22(27)24-9-11-28-12-10-24/h6-7,13,15,18,20H,4-5,8-12,14H2,1-3H3/t18?,20-/m1/s1. The fourth-order valence-corrected chi connectivity index (χ4v) is 4.26. The first-order valence-corrected chi connectivity index (χ1v) is 10.3. The van der Waals surface area contributed by atoms with E-state index in [9.17, 15) is 14.0 Å². The predicted molar refractivity (Wildman–Crippen MR) is 105 cm³/mol. The number of benzene rings is 1. The molecule has 5 nitrogen and oxygen atoms in total. The van der Waals surface area contributed by atoms with E-state index in [0.29, 0.717) is 44.8 Å². The second kappa shape index (κ2) is 9.03. The Morgan fingerprint density at radius 2 is 1.93 bits per heavy atom. The van der Waals surface area contributed by atoms with E-state index in [1.54, 1.807) is 17.9 Å². The molecular weight excluding hydrogens is 359 g/mol. The maximum atomic E-state index is 13.7. The van der Waals surface area contributed by atoms with Crippen molar-refractivity contribution in [1.29, 1.82) is 0 Å². The first-order chi connectivity index (χ1) is 13.4. The van der Waals surface area contributed by atoms with Crippen molar-refractivity contribution in [3.63, 3.8) is 0 Å². The summed E-state index contributed by atoms with van der Waals surface area (Å²) in [6.45, 7) is 8.86. The largest absolute Gasteiger partial charge is 0.378 e. The highest BCUT2D eigenvalue weighted by molar-refractivity contribution is 5.88. The highest BCUT2D eigenvalue weighted by atomic mass is 19.1. The van der Waals surface area contributed by atoms with Crippen LogP contribution in [0.1, 0.15) is 50.2 Å². The van der Waals surface area contributed by atoms with Crippen LogP contribution in [0, 0.1) is 18.7 Å². The Bertz CT molecular complexity index is 716. The summed E-state index contributed by atoms with van der Waals surface area (Å²) in [6, 6.07) is 4.74. The quantitative estimate of drug-likeness (QED) is 0.776. The Morgan fingerprint density at radius 3 is 2.57 bits per heavy atom. The second-order valence-corrected chi connectivity index (χ2v) is 8.25. The topological polar surface area (TPSA) is 49.9 Å². The number of likely N-dealkylation sites (tertiary alicyclic amines) is 1. The molecule has 0 radical (unpaired) electrons. The third kappa shape index (κ3) is 4.54. The van der Waals surface area contributed by atoms with Crippen LogP contribution >= 0.6 is 0 Å². The SMILES string of the molecule is Cc1cc(C(CC(=O)N2CCC[C@@H]2C(=O)N2CCOCC2)C(C)C)ccc1F. The van der Waals surface area contributed by atoms with Gasteiger partial charge in [-0.2, -0.15) is 0 Å². The molecule has 1 unspecified atom stereocenters. The Labute approximate surface area is 166 Å². The molecule has 1 aromatic rings. The fraction of sp³-hybridized carbons (Fsp3) is 0.636. The number of carbonyl (C=O) groups excluding carboxylic acids is 2. The summed E-state index contributed by atoms with van der Waals surface area (Å²) in [7, 11) is 0. The lowest BCUT2D eigenvalue weighted by molar-refractivity contribution is -0.146. The van der Waals surface area contributed by atoms with Gasteiger partial charge in [-0.25, -0.2) is 4.39 Å². The van der Waals surface area contributed by atoms with E-state index in [1.807, 2.05) is 11.0 Å². The average molecular weight is 390 g/mol. The van der Waals surface area contributed by atoms with Gasteiger partial charge in [-0.05, 0) is 48.8 Å². The number of ether oxygens (including phenoxy) is 1. The van der Waals surface area contributed by atoms with Gasteiger partial charge in [0.15, 0.2) is 0 Å². The number of halogens is 1. The molecule has 2 atom stereocenters. The summed E-state index contributed by atoms with van der Waals surface area (Å²) in [5.41, 5.74) is 1.58. The van der Waals surface area contributed by atoms with Gasteiger partial charge < -0.3 is 14.5 Å². The van der Waals surface area contributed by atoms with Gasteiger partial charge in [0, 0.05) is 26.1 Å². The Morgan fingerprint density at radius 1 is 1.21 bits per heavy atom. The van der Waals surface area contributed by atoms with Gasteiger partial charge in [0.25, 0.3) is 0 Å². The van der Waals surface area contributed by atoms with Gasteiger partial charge >= 0.3 is 0 Å². The summed E-state index contributed by atoms with van der Waals surface area (Å²) in [5, 5.41) is 0. The Kier molecular flexibility index (Phi) is 6.70. The van der Waals surface area contributed by atoms with Gasteiger partial charge in [0.2, 0.25) is 11.8 Å². The Hall–Kier alpha value is -1.95. The van der Waals surface area contributed by atoms with E-state index in [1.165, 1.54) is 6.07 Å². The van der Waals surface area contributed by atoms with Crippen molar-refractivity contribution in [3.05, 3.63) is 35.1 Å². The molecule has 2 aliphatic heterocycles. The molecule has 0 saturated carbocycles. The number of nitrogens with zero attached hydrogens (tertiary/aromatic N) is 2. The fourth-order valence-electron chi connectivity index (χ4n) is 4.26. The second-order valence-electron chi connectivity index (χ2n) is 8.25. The molecule has 2 heterocycles. The number of aryl methyl sites for hydroxylation is 1. The molecule has 2 saturated heterocycles. The summed E-state index contributed by atoms with van der Waals surface area (Å²) >= 11 is 0. The van der Waals surface area contributed by atoms with E-state index in [0.717, 1.165) is 18.4 Å². The summed E-state index contributed by atoms with van der Waals surface area (Å²) in [4.78, 5) is 29.7. The maximum absolute atomic E-state index is 13.7. The number of carbonyl (C=O) groups is 2. The minimum atomic E-state index is -0.353. The number of rotatable bonds is 5. The van der Waals surface area contributed by atoms with Crippen LogP contribution in [0.3, 0.4) is 0 Å². The molecular formula is C22H31FN2O3. The smallest absolute Gasteiger partial charge is 0.245 e. The molecule has 2 aliphatic rings. The van der Waals surface area contributed by atoms with Gasteiger partial charge in [-0.1, -0.05) is 26.0 Å². The highest BCUT2D eigenvalue weighted by Gasteiger charge is 2.37.